The Morgan fingerprint density at radius 3 is 2.50 bits per heavy atom. The van der Waals surface area contributed by atoms with Gasteiger partial charge in [-0.15, -0.1) is 23.2 Å². The van der Waals surface area contributed by atoms with Crippen LogP contribution in [0.3, 0.4) is 0 Å². The van der Waals surface area contributed by atoms with Crippen molar-refractivity contribution in [3.8, 4) is 0 Å². The van der Waals surface area contributed by atoms with Crippen LogP contribution in [0.2, 0.25) is 6.04 Å². The van der Waals surface area contributed by atoms with Crippen LogP contribution in [0.4, 0.5) is 0 Å². The standard InChI is InChI=1S/C9H14Cl2Si/c10-9(11,5-12)8-4-6-1-2-7(8)3-6/h1-2,6-8H,3-5H2,12H3. The van der Waals surface area contributed by atoms with Crippen molar-refractivity contribution in [3.05, 3.63) is 12.2 Å². The van der Waals surface area contributed by atoms with Crippen molar-refractivity contribution >= 4 is 33.4 Å². The predicted octanol–water partition coefficient (Wildman–Crippen LogP) is 2.16. The molecule has 0 aromatic carbocycles. The van der Waals surface area contributed by atoms with E-state index in [4.69, 9.17) is 23.2 Å². The monoisotopic (exact) mass is 220 g/mol. The molecule has 1 saturated carbocycles. The third kappa shape index (κ3) is 1.36. The van der Waals surface area contributed by atoms with E-state index in [-0.39, 0.29) is 0 Å². The van der Waals surface area contributed by atoms with Crippen molar-refractivity contribution in [3.63, 3.8) is 0 Å². The van der Waals surface area contributed by atoms with E-state index in [1.54, 1.807) is 0 Å². The number of allylic oxidation sites excluding steroid dienone is 2. The maximum Gasteiger partial charge on any atom is 0.118 e. The first-order valence-corrected chi connectivity index (χ1v) is 6.86. The Morgan fingerprint density at radius 1 is 1.33 bits per heavy atom. The molecule has 0 aromatic rings. The van der Waals surface area contributed by atoms with Gasteiger partial charge in [-0.05, 0) is 36.6 Å². The fourth-order valence-corrected chi connectivity index (χ4v) is 3.55. The van der Waals surface area contributed by atoms with E-state index in [1.165, 1.54) is 12.8 Å². The van der Waals surface area contributed by atoms with Gasteiger partial charge in [0.2, 0.25) is 0 Å². The van der Waals surface area contributed by atoms with Gasteiger partial charge in [-0.25, -0.2) is 0 Å². The molecule has 0 N–H and O–H groups in total. The molecule has 0 nitrogen and oxygen atoms in total. The van der Waals surface area contributed by atoms with E-state index in [2.05, 4.69) is 12.2 Å². The third-order valence-electron chi connectivity index (χ3n) is 3.29. The molecule has 2 bridgehead atoms. The topological polar surface area (TPSA) is 0 Å². The minimum Gasteiger partial charge on any atom is -0.102 e. The Labute approximate surface area is 86.7 Å². The highest BCUT2D eigenvalue weighted by atomic mass is 35.5. The van der Waals surface area contributed by atoms with Gasteiger partial charge in [-0.3, -0.25) is 0 Å². The lowest BCUT2D eigenvalue weighted by atomic mass is 9.90. The predicted molar refractivity (Wildman–Crippen MR) is 58.0 cm³/mol. The van der Waals surface area contributed by atoms with Gasteiger partial charge in [-0.1, -0.05) is 12.2 Å². The second-order valence-corrected chi connectivity index (χ2v) is 6.25. The van der Waals surface area contributed by atoms with Crippen LogP contribution in [0, 0.1) is 17.8 Å². The zero-order chi connectivity index (χ0) is 8.77. The van der Waals surface area contributed by atoms with E-state index in [1.807, 2.05) is 0 Å². The molecule has 0 heterocycles. The molecule has 0 spiro atoms. The van der Waals surface area contributed by atoms with Crippen LogP contribution in [0.1, 0.15) is 12.8 Å². The molecule has 2 aliphatic carbocycles. The molecule has 3 heteroatoms. The average molecular weight is 221 g/mol. The minimum absolute atomic E-state index is 0.420. The van der Waals surface area contributed by atoms with E-state index < -0.39 is 4.33 Å². The molecule has 1 fully saturated rings. The summed E-state index contributed by atoms with van der Waals surface area (Å²) < 4.78 is -0.420. The summed E-state index contributed by atoms with van der Waals surface area (Å²) in [5.41, 5.74) is 0. The third-order valence-corrected chi connectivity index (χ3v) is 6.40. The van der Waals surface area contributed by atoms with Crippen molar-refractivity contribution in [1.82, 2.24) is 0 Å². The Balaban J connectivity index is 2.12. The molecule has 3 atom stereocenters. The molecular formula is C9H14Cl2Si. The van der Waals surface area contributed by atoms with Gasteiger partial charge in [0.15, 0.2) is 0 Å². The highest BCUT2D eigenvalue weighted by Crippen LogP contribution is 2.52. The lowest BCUT2D eigenvalue weighted by Crippen LogP contribution is -2.28. The minimum atomic E-state index is -0.420. The molecular weight excluding hydrogens is 207 g/mol. The largest absolute Gasteiger partial charge is 0.118 e. The van der Waals surface area contributed by atoms with Gasteiger partial charge >= 0.3 is 0 Å². The van der Waals surface area contributed by atoms with Gasteiger partial charge in [0.25, 0.3) is 0 Å². The first kappa shape index (κ1) is 9.11. The smallest absolute Gasteiger partial charge is 0.102 e. The average Bonchev–Trinajstić information content (AvgIpc) is 2.64. The Morgan fingerprint density at radius 2 is 2.08 bits per heavy atom. The molecule has 0 saturated heterocycles. The molecule has 3 unspecified atom stereocenters. The number of halogens is 2. The van der Waals surface area contributed by atoms with E-state index in [0.717, 1.165) is 22.2 Å². The molecule has 0 aromatic heterocycles. The Kier molecular flexibility index (Phi) is 2.30. The summed E-state index contributed by atoms with van der Waals surface area (Å²) >= 11 is 12.6. The van der Waals surface area contributed by atoms with Crippen LogP contribution >= 0.6 is 23.2 Å². The fourth-order valence-electron chi connectivity index (χ4n) is 2.53. The zero-order valence-corrected chi connectivity index (χ0v) is 10.8. The number of fused-ring (bicyclic) bond motifs is 2. The summed E-state index contributed by atoms with van der Waals surface area (Å²) in [5, 5.41) is 0. The summed E-state index contributed by atoms with van der Waals surface area (Å²) in [5.74, 6) is 2.00. The van der Waals surface area contributed by atoms with E-state index in [0.29, 0.717) is 11.8 Å². The van der Waals surface area contributed by atoms with Gasteiger partial charge in [0, 0.05) is 10.2 Å². The second-order valence-electron chi connectivity index (χ2n) is 4.00. The summed E-state index contributed by atoms with van der Waals surface area (Å²) in [4.78, 5) is 0. The maximum absolute atomic E-state index is 6.29. The van der Waals surface area contributed by atoms with Crippen LogP contribution in [-0.4, -0.2) is 14.6 Å². The van der Waals surface area contributed by atoms with Crippen LogP contribution < -0.4 is 0 Å². The number of alkyl halides is 2. The lowest BCUT2D eigenvalue weighted by molar-refractivity contribution is 0.412. The van der Waals surface area contributed by atoms with Crippen LogP contribution in [0.5, 0.6) is 0 Å². The van der Waals surface area contributed by atoms with Crippen LogP contribution in [0.25, 0.3) is 0 Å². The van der Waals surface area contributed by atoms with Crippen LogP contribution in [0.15, 0.2) is 12.2 Å². The quantitative estimate of drug-likeness (QED) is 0.381. The molecule has 2 aliphatic rings. The van der Waals surface area contributed by atoms with E-state index in [9.17, 15) is 0 Å². The second kappa shape index (κ2) is 3.04. The first-order chi connectivity index (χ1) is 5.63. The van der Waals surface area contributed by atoms with Crippen molar-refractivity contribution in [2.45, 2.75) is 23.2 Å². The van der Waals surface area contributed by atoms with E-state index >= 15 is 0 Å². The molecule has 0 aliphatic heterocycles. The SMILES string of the molecule is [SiH3]CC(Cl)(Cl)C1CC2C=CC1C2. The number of rotatable bonds is 2. The van der Waals surface area contributed by atoms with Crippen molar-refractivity contribution < 1.29 is 0 Å². The molecule has 0 amide bonds. The fraction of sp³-hybridized carbons (Fsp3) is 0.778. The molecule has 12 heavy (non-hydrogen) atoms. The van der Waals surface area contributed by atoms with Crippen molar-refractivity contribution in [2.24, 2.45) is 17.8 Å². The van der Waals surface area contributed by atoms with Crippen molar-refractivity contribution in [1.29, 1.82) is 0 Å². The lowest BCUT2D eigenvalue weighted by Gasteiger charge is -2.30. The van der Waals surface area contributed by atoms with Crippen LogP contribution in [-0.2, 0) is 0 Å². The molecule has 68 valence electrons. The van der Waals surface area contributed by atoms with Gasteiger partial charge in [0.05, 0.1) is 0 Å². The first-order valence-electron chi connectivity index (χ1n) is 4.69. The molecule has 0 radical (unpaired) electrons. The Bertz CT molecular complexity index is 213. The summed E-state index contributed by atoms with van der Waals surface area (Å²) in [6.07, 6.45) is 7.16. The van der Waals surface area contributed by atoms with Gasteiger partial charge < -0.3 is 0 Å². The summed E-state index contributed by atoms with van der Waals surface area (Å²) in [6, 6.07) is 0.998. The highest BCUT2D eigenvalue weighted by Gasteiger charge is 2.45. The number of hydrogen-bond acceptors (Lipinski definition) is 0. The normalized spacial score (nSPS) is 39.7. The maximum atomic E-state index is 6.29. The Hall–Kier alpha value is 0.537. The highest BCUT2D eigenvalue weighted by molar-refractivity contribution is 6.50. The molecule has 2 rings (SSSR count). The van der Waals surface area contributed by atoms with Gasteiger partial charge in [-0.2, -0.15) is 0 Å². The zero-order valence-electron chi connectivity index (χ0n) is 7.26. The summed E-state index contributed by atoms with van der Waals surface area (Å²) in [6.45, 7) is 0. The number of hydrogen-bond donors (Lipinski definition) is 0. The van der Waals surface area contributed by atoms with Gasteiger partial charge in [0.1, 0.15) is 4.33 Å². The summed E-state index contributed by atoms with van der Waals surface area (Å²) in [7, 11) is 1.10. The van der Waals surface area contributed by atoms with Crippen molar-refractivity contribution in [2.75, 3.05) is 0 Å².